The minimum atomic E-state index is -3.18. The van der Waals surface area contributed by atoms with Crippen molar-refractivity contribution in [1.82, 2.24) is 0 Å². The van der Waals surface area contributed by atoms with E-state index in [1.54, 1.807) is 18.2 Å². The molecule has 0 aromatic heterocycles. The minimum absolute atomic E-state index is 0.0888. The number of benzene rings is 2. The van der Waals surface area contributed by atoms with E-state index in [-0.39, 0.29) is 17.9 Å². The van der Waals surface area contributed by atoms with Gasteiger partial charge in [-0.25, -0.2) is 0 Å². The Balaban J connectivity index is 2.27. The molecule has 0 aliphatic carbocycles. The number of allylic oxidation sites excluding steroid dienone is 1. The lowest BCUT2D eigenvalue weighted by atomic mass is 10.0. The molecule has 2 aromatic rings. The van der Waals surface area contributed by atoms with Crippen molar-refractivity contribution in [1.29, 1.82) is 0 Å². The standard InChI is InChI=1S/C20H18F4O5/c1-26-11-14-9-13(5-8-17(14)27-2)16(25)7-4-12-3-6-15(28-19(21)22)10-18(12)29-20(23)24/h3-10,19-20H,11H2,1-2H3/b7-4+. The van der Waals surface area contributed by atoms with Crippen molar-refractivity contribution < 1.29 is 41.3 Å². The fraction of sp³-hybridized carbons (Fsp3) is 0.250. The van der Waals surface area contributed by atoms with Crippen LogP contribution in [-0.4, -0.2) is 33.2 Å². The molecule has 2 rings (SSSR count). The number of carbonyl (C=O) groups is 1. The average Bonchev–Trinajstić information content (AvgIpc) is 2.66. The van der Waals surface area contributed by atoms with E-state index in [0.717, 1.165) is 18.2 Å². The third kappa shape index (κ3) is 6.49. The zero-order valence-electron chi connectivity index (χ0n) is 15.5. The number of hydrogen-bond acceptors (Lipinski definition) is 5. The zero-order valence-corrected chi connectivity index (χ0v) is 15.5. The Labute approximate surface area is 164 Å². The molecule has 0 N–H and O–H groups in total. The molecular weight excluding hydrogens is 396 g/mol. The number of carbonyl (C=O) groups excluding carboxylic acids is 1. The van der Waals surface area contributed by atoms with Crippen LogP contribution in [0.3, 0.4) is 0 Å². The van der Waals surface area contributed by atoms with Gasteiger partial charge in [0.25, 0.3) is 0 Å². The number of ether oxygens (including phenoxy) is 4. The van der Waals surface area contributed by atoms with E-state index in [4.69, 9.17) is 9.47 Å². The maximum Gasteiger partial charge on any atom is 0.387 e. The van der Waals surface area contributed by atoms with Crippen molar-refractivity contribution in [3.63, 3.8) is 0 Å². The van der Waals surface area contributed by atoms with Crippen molar-refractivity contribution in [3.05, 3.63) is 59.2 Å². The summed E-state index contributed by atoms with van der Waals surface area (Å²) >= 11 is 0. The molecule has 0 saturated carbocycles. The highest BCUT2D eigenvalue weighted by Crippen LogP contribution is 2.29. The second kappa shape index (κ2) is 10.5. The number of rotatable bonds is 10. The van der Waals surface area contributed by atoms with Gasteiger partial charge in [-0.2, -0.15) is 17.6 Å². The molecule has 0 aliphatic rings. The van der Waals surface area contributed by atoms with Gasteiger partial charge >= 0.3 is 13.2 Å². The molecule has 0 fully saturated rings. The highest BCUT2D eigenvalue weighted by atomic mass is 19.3. The summed E-state index contributed by atoms with van der Waals surface area (Å²) in [6.45, 7) is -6.07. The van der Waals surface area contributed by atoms with Gasteiger partial charge in [0.15, 0.2) is 5.78 Å². The van der Waals surface area contributed by atoms with Gasteiger partial charge in [-0.1, -0.05) is 0 Å². The van der Waals surface area contributed by atoms with Crippen molar-refractivity contribution in [2.75, 3.05) is 14.2 Å². The Morgan fingerprint density at radius 3 is 2.31 bits per heavy atom. The van der Waals surface area contributed by atoms with Crippen molar-refractivity contribution >= 4 is 11.9 Å². The molecule has 0 amide bonds. The van der Waals surface area contributed by atoms with Crippen LogP contribution in [0.15, 0.2) is 42.5 Å². The van der Waals surface area contributed by atoms with Crippen LogP contribution in [0, 0.1) is 0 Å². The van der Waals surface area contributed by atoms with E-state index < -0.39 is 24.8 Å². The molecule has 5 nitrogen and oxygen atoms in total. The fourth-order valence-corrected chi connectivity index (χ4v) is 2.49. The third-order valence-corrected chi connectivity index (χ3v) is 3.71. The highest BCUT2D eigenvalue weighted by molar-refractivity contribution is 6.07. The van der Waals surface area contributed by atoms with Crippen molar-refractivity contribution in [3.8, 4) is 17.2 Å². The Morgan fingerprint density at radius 1 is 0.966 bits per heavy atom. The lowest BCUT2D eigenvalue weighted by Gasteiger charge is -2.11. The quantitative estimate of drug-likeness (QED) is 0.313. The van der Waals surface area contributed by atoms with Gasteiger partial charge in [0.1, 0.15) is 17.2 Å². The maximum atomic E-state index is 12.6. The zero-order chi connectivity index (χ0) is 21.4. The molecule has 0 atom stereocenters. The highest BCUT2D eigenvalue weighted by Gasteiger charge is 2.13. The Morgan fingerprint density at radius 2 is 1.69 bits per heavy atom. The predicted molar refractivity (Wildman–Crippen MR) is 96.8 cm³/mol. The monoisotopic (exact) mass is 414 g/mol. The summed E-state index contributed by atoms with van der Waals surface area (Å²) in [4.78, 5) is 12.4. The van der Waals surface area contributed by atoms with Crippen LogP contribution in [0.2, 0.25) is 0 Å². The number of hydrogen-bond donors (Lipinski definition) is 0. The summed E-state index contributed by atoms with van der Waals surface area (Å²) in [6.07, 6.45) is 2.39. The number of alkyl halides is 4. The van der Waals surface area contributed by atoms with Gasteiger partial charge in [0, 0.05) is 29.9 Å². The first-order valence-electron chi connectivity index (χ1n) is 8.26. The largest absolute Gasteiger partial charge is 0.496 e. The van der Waals surface area contributed by atoms with Crippen LogP contribution < -0.4 is 14.2 Å². The molecule has 9 heteroatoms. The fourth-order valence-electron chi connectivity index (χ4n) is 2.49. The minimum Gasteiger partial charge on any atom is -0.496 e. The van der Waals surface area contributed by atoms with Gasteiger partial charge in [0.05, 0.1) is 13.7 Å². The SMILES string of the molecule is COCc1cc(C(=O)/C=C/c2ccc(OC(F)F)cc2OC(F)F)ccc1OC. The summed E-state index contributed by atoms with van der Waals surface area (Å²) < 4.78 is 68.6. The number of methoxy groups -OCH3 is 2. The summed E-state index contributed by atoms with van der Waals surface area (Å²) in [7, 11) is 2.99. The summed E-state index contributed by atoms with van der Waals surface area (Å²) in [5, 5.41) is 0. The van der Waals surface area contributed by atoms with E-state index in [1.807, 2.05) is 0 Å². The smallest absolute Gasteiger partial charge is 0.387 e. The van der Waals surface area contributed by atoms with Gasteiger partial charge in [0.2, 0.25) is 0 Å². The van der Waals surface area contributed by atoms with Crippen LogP contribution in [0.1, 0.15) is 21.5 Å². The van der Waals surface area contributed by atoms with Gasteiger partial charge in [-0.3, -0.25) is 4.79 Å². The molecule has 0 spiro atoms. The van der Waals surface area contributed by atoms with Crippen LogP contribution in [0.4, 0.5) is 17.6 Å². The molecule has 0 aliphatic heterocycles. The summed E-state index contributed by atoms with van der Waals surface area (Å²) in [5.74, 6) is -0.619. The molecular formula is C20H18F4O5. The third-order valence-electron chi connectivity index (χ3n) is 3.71. The van der Waals surface area contributed by atoms with Crippen LogP contribution >= 0.6 is 0 Å². The van der Waals surface area contributed by atoms with Crippen LogP contribution in [-0.2, 0) is 11.3 Å². The Bertz CT molecular complexity index is 868. The molecule has 0 bridgehead atoms. The first-order chi connectivity index (χ1) is 13.8. The lowest BCUT2D eigenvalue weighted by Crippen LogP contribution is -2.06. The van der Waals surface area contributed by atoms with E-state index in [1.165, 1.54) is 26.4 Å². The van der Waals surface area contributed by atoms with Crippen LogP contribution in [0.25, 0.3) is 6.08 Å². The van der Waals surface area contributed by atoms with Gasteiger partial charge in [-0.05, 0) is 42.5 Å². The maximum absolute atomic E-state index is 12.6. The van der Waals surface area contributed by atoms with E-state index in [9.17, 15) is 22.4 Å². The average molecular weight is 414 g/mol. The molecule has 0 unspecified atom stereocenters. The molecule has 0 radical (unpaired) electrons. The lowest BCUT2D eigenvalue weighted by molar-refractivity contribution is -0.0543. The summed E-state index contributed by atoms with van der Waals surface area (Å²) in [6, 6.07) is 8.01. The molecule has 2 aromatic carbocycles. The van der Waals surface area contributed by atoms with Gasteiger partial charge in [-0.15, -0.1) is 0 Å². The topological polar surface area (TPSA) is 54.0 Å². The van der Waals surface area contributed by atoms with Crippen molar-refractivity contribution in [2.45, 2.75) is 19.8 Å². The molecule has 0 heterocycles. The second-order valence-electron chi connectivity index (χ2n) is 5.61. The normalized spacial score (nSPS) is 11.3. The first-order valence-corrected chi connectivity index (χ1v) is 8.26. The molecule has 156 valence electrons. The number of ketones is 1. The molecule has 0 saturated heterocycles. The van der Waals surface area contributed by atoms with E-state index >= 15 is 0 Å². The summed E-state index contributed by atoms with van der Waals surface area (Å²) in [5.41, 5.74) is 1.07. The van der Waals surface area contributed by atoms with Crippen LogP contribution in [0.5, 0.6) is 17.2 Å². The Hall–Kier alpha value is -3.07. The van der Waals surface area contributed by atoms with E-state index in [0.29, 0.717) is 16.9 Å². The predicted octanol–water partition coefficient (Wildman–Crippen LogP) is 4.94. The Kier molecular flexibility index (Phi) is 8.02. The molecule has 29 heavy (non-hydrogen) atoms. The van der Waals surface area contributed by atoms with Crippen molar-refractivity contribution in [2.24, 2.45) is 0 Å². The van der Waals surface area contributed by atoms with E-state index in [2.05, 4.69) is 9.47 Å². The van der Waals surface area contributed by atoms with Gasteiger partial charge < -0.3 is 18.9 Å². The number of halogens is 4. The first kappa shape index (κ1) is 22.2. The second-order valence-corrected chi connectivity index (χ2v) is 5.61.